The molecule has 0 aromatic carbocycles. The number of rotatable bonds is 4. The van der Waals surface area contributed by atoms with Crippen LogP contribution in [0.2, 0.25) is 0 Å². The third-order valence-electron chi connectivity index (χ3n) is 4.77. The van der Waals surface area contributed by atoms with E-state index in [1.807, 2.05) is 0 Å². The summed E-state index contributed by atoms with van der Waals surface area (Å²) in [6, 6.07) is 2.85. The Morgan fingerprint density at radius 3 is 2.72 bits per heavy atom. The fourth-order valence-corrected chi connectivity index (χ4v) is 3.48. The van der Waals surface area contributed by atoms with Crippen molar-refractivity contribution in [3.63, 3.8) is 0 Å². The fraction of sp³-hybridized carbons (Fsp3) is 0.800. The molecule has 0 amide bonds. The van der Waals surface area contributed by atoms with Gasteiger partial charge in [-0.1, -0.05) is 25.7 Å². The van der Waals surface area contributed by atoms with E-state index in [1.54, 1.807) is 0 Å². The Morgan fingerprint density at radius 1 is 1.28 bits per heavy atom. The highest BCUT2D eigenvalue weighted by atomic mass is 15.3. The highest BCUT2D eigenvalue weighted by molar-refractivity contribution is 5.02. The lowest BCUT2D eigenvalue weighted by molar-refractivity contribution is 0.358. The molecule has 1 aromatic heterocycles. The van der Waals surface area contributed by atoms with Crippen molar-refractivity contribution < 1.29 is 0 Å². The lowest BCUT2D eigenvalue weighted by Gasteiger charge is -2.24. The van der Waals surface area contributed by atoms with Crippen LogP contribution >= 0.6 is 0 Å². The van der Waals surface area contributed by atoms with Crippen LogP contribution in [-0.2, 0) is 6.54 Å². The largest absolute Gasteiger partial charge is 0.306 e. The second-order valence-corrected chi connectivity index (χ2v) is 6.35. The van der Waals surface area contributed by atoms with Gasteiger partial charge in [-0.3, -0.25) is 4.68 Å². The molecule has 1 aromatic rings. The summed E-state index contributed by atoms with van der Waals surface area (Å²) in [6.45, 7) is 3.28. The SMILES string of the molecule is CC1(NCc2ccn(C3CCCC3)n2)CCCC1. The Labute approximate surface area is 110 Å². The van der Waals surface area contributed by atoms with Gasteiger partial charge >= 0.3 is 0 Å². The van der Waals surface area contributed by atoms with Crippen LogP contribution in [0.4, 0.5) is 0 Å². The first kappa shape index (κ1) is 12.2. The first-order valence-corrected chi connectivity index (χ1v) is 7.54. The molecule has 3 heteroatoms. The molecule has 3 nitrogen and oxygen atoms in total. The van der Waals surface area contributed by atoms with Crippen LogP contribution in [0.3, 0.4) is 0 Å². The van der Waals surface area contributed by atoms with Gasteiger partial charge < -0.3 is 5.32 Å². The minimum absolute atomic E-state index is 0.358. The van der Waals surface area contributed by atoms with Crippen molar-refractivity contribution in [2.45, 2.75) is 76.4 Å². The molecule has 1 N–H and O–H groups in total. The quantitative estimate of drug-likeness (QED) is 0.883. The van der Waals surface area contributed by atoms with Gasteiger partial charge in [0.05, 0.1) is 11.7 Å². The average molecular weight is 247 g/mol. The lowest BCUT2D eigenvalue weighted by Crippen LogP contribution is -2.38. The summed E-state index contributed by atoms with van der Waals surface area (Å²) < 4.78 is 2.20. The Hall–Kier alpha value is -0.830. The maximum atomic E-state index is 4.74. The molecule has 0 saturated heterocycles. The van der Waals surface area contributed by atoms with Gasteiger partial charge in [-0.25, -0.2) is 0 Å². The molecule has 1 heterocycles. The number of aromatic nitrogens is 2. The number of hydrogen-bond donors (Lipinski definition) is 1. The molecule has 0 atom stereocenters. The molecule has 2 aliphatic carbocycles. The Balaban J connectivity index is 1.56. The first-order chi connectivity index (χ1) is 8.75. The van der Waals surface area contributed by atoms with E-state index in [0.717, 1.165) is 6.54 Å². The molecule has 0 unspecified atom stereocenters. The molecule has 0 bridgehead atoms. The Bertz CT molecular complexity index is 384. The lowest BCUT2D eigenvalue weighted by atomic mass is 10.0. The van der Waals surface area contributed by atoms with Gasteiger partial charge in [-0.05, 0) is 38.7 Å². The third kappa shape index (κ3) is 2.61. The molecule has 3 rings (SSSR count). The second kappa shape index (κ2) is 5.04. The second-order valence-electron chi connectivity index (χ2n) is 6.35. The molecular weight excluding hydrogens is 222 g/mol. The van der Waals surface area contributed by atoms with Crippen molar-refractivity contribution in [3.05, 3.63) is 18.0 Å². The van der Waals surface area contributed by atoms with Crippen LogP contribution in [0.15, 0.2) is 12.3 Å². The van der Waals surface area contributed by atoms with E-state index in [0.29, 0.717) is 11.6 Å². The highest BCUT2D eigenvalue weighted by Crippen LogP contribution is 2.30. The molecule has 18 heavy (non-hydrogen) atoms. The zero-order chi connectivity index (χ0) is 12.4. The number of nitrogens with zero attached hydrogens (tertiary/aromatic N) is 2. The minimum Gasteiger partial charge on any atom is -0.306 e. The molecule has 100 valence electrons. The summed E-state index contributed by atoms with van der Waals surface area (Å²) in [7, 11) is 0. The minimum atomic E-state index is 0.358. The van der Waals surface area contributed by atoms with Crippen LogP contribution in [-0.4, -0.2) is 15.3 Å². The predicted octanol–water partition coefficient (Wildman–Crippen LogP) is 3.42. The normalized spacial score (nSPS) is 23.8. The van der Waals surface area contributed by atoms with Crippen LogP contribution in [0, 0.1) is 0 Å². The van der Waals surface area contributed by atoms with Crippen molar-refractivity contribution in [1.29, 1.82) is 0 Å². The monoisotopic (exact) mass is 247 g/mol. The van der Waals surface area contributed by atoms with Crippen molar-refractivity contribution in [2.75, 3.05) is 0 Å². The van der Waals surface area contributed by atoms with Gasteiger partial charge in [-0.15, -0.1) is 0 Å². The van der Waals surface area contributed by atoms with Crippen LogP contribution in [0.1, 0.15) is 70.0 Å². The Kier molecular flexibility index (Phi) is 3.42. The smallest absolute Gasteiger partial charge is 0.0762 e. The van der Waals surface area contributed by atoms with Gasteiger partial charge in [0.15, 0.2) is 0 Å². The van der Waals surface area contributed by atoms with Gasteiger partial charge in [0.1, 0.15) is 0 Å². The summed E-state index contributed by atoms with van der Waals surface area (Å²) in [4.78, 5) is 0. The standard InChI is InChI=1S/C15H25N3/c1-15(9-4-5-10-15)16-12-13-8-11-18(17-13)14-6-2-3-7-14/h8,11,14,16H,2-7,9-10,12H2,1H3. The van der Waals surface area contributed by atoms with Crippen LogP contribution < -0.4 is 5.32 Å². The van der Waals surface area contributed by atoms with Crippen molar-refractivity contribution >= 4 is 0 Å². The topological polar surface area (TPSA) is 29.9 Å². The molecule has 0 radical (unpaired) electrons. The van der Waals surface area contributed by atoms with E-state index in [2.05, 4.69) is 29.2 Å². The average Bonchev–Trinajstić information content (AvgIpc) is 3.08. The summed E-state index contributed by atoms with van der Waals surface area (Å²) in [5.74, 6) is 0. The van der Waals surface area contributed by atoms with E-state index >= 15 is 0 Å². The molecule has 2 fully saturated rings. The molecule has 0 spiro atoms. The zero-order valence-electron chi connectivity index (χ0n) is 11.5. The van der Waals surface area contributed by atoms with Gasteiger partial charge in [-0.2, -0.15) is 5.10 Å². The number of nitrogens with one attached hydrogen (secondary N) is 1. The number of hydrogen-bond acceptors (Lipinski definition) is 2. The third-order valence-corrected chi connectivity index (χ3v) is 4.77. The van der Waals surface area contributed by atoms with Crippen LogP contribution in [0.25, 0.3) is 0 Å². The van der Waals surface area contributed by atoms with E-state index in [9.17, 15) is 0 Å². The summed E-state index contributed by atoms with van der Waals surface area (Å²) in [5, 5.41) is 8.44. The van der Waals surface area contributed by atoms with Crippen molar-refractivity contribution in [3.8, 4) is 0 Å². The van der Waals surface area contributed by atoms with Gasteiger partial charge in [0.2, 0.25) is 0 Å². The van der Waals surface area contributed by atoms with Crippen molar-refractivity contribution in [2.24, 2.45) is 0 Å². The molecule has 2 aliphatic rings. The molecule has 2 saturated carbocycles. The van der Waals surface area contributed by atoms with E-state index in [1.165, 1.54) is 57.1 Å². The maximum absolute atomic E-state index is 4.74. The van der Waals surface area contributed by atoms with Crippen LogP contribution in [0.5, 0.6) is 0 Å². The van der Waals surface area contributed by atoms with Gasteiger partial charge in [0.25, 0.3) is 0 Å². The fourth-order valence-electron chi connectivity index (χ4n) is 3.48. The van der Waals surface area contributed by atoms with Gasteiger partial charge in [0, 0.05) is 18.3 Å². The summed E-state index contributed by atoms with van der Waals surface area (Å²) in [6.07, 6.45) is 12.9. The highest BCUT2D eigenvalue weighted by Gasteiger charge is 2.27. The summed E-state index contributed by atoms with van der Waals surface area (Å²) in [5.41, 5.74) is 1.56. The maximum Gasteiger partial charge on any atom is 0.0762 e. The van der Waals surface area contributed by atoms with E-state index in [-0.39, 0.29) is 0 Å². The van der Waals surface area contributed by atoms with Crippen molar-refractivity contribution in [1.82, 2.24) is 15.1 Å². The molecule has 0 aliphatic heterocycles. The summed E-state index contributed by atoms with van der Waals surface area (Å²) >= 11 is 0. The predicted molar refractivity (Wildman–Crippen MR) is 73.4 cm³/mol. The van der Waals surface area contributed by atoms with E-state index in [4.69, 9.17) is 5.10 Å². The Morgan fingerprint density at radius 2 is 2.00 bits per heavy atom. The molecular formula is C15H25N3. The first-order valence-electron chi connectivity index (χ1n) is 7.54. The zero-order valence-corrected chi connectivity index (χ0v) is 11.5. The van der Waals surface area contributed by atoms with E-state index < -0.39 is 0 Å².